The average Bonchev–Trinajstić information content (AvgIpc) is 2.66. The molecule has 7 heteroatoms. The molecule has 27 heavy (non-hydrogen) atoms. The standard InChI is InChI=1S/C20H35N3O3.HI/c1-5-26-19-16-17(11-12-18(19)25-4)10-9-14-23-20(21-2)22-13-7-6-8-15-24-3;/h11-12,16H,5-10,13-15H2,1-4H3,(H2,21,22,23);1H. The molecule has 0 aliphatic heterocycles. The van der Waals surface area contributed by atoms with Gasteiger partial charge in [0.2, 0.25) is 0 Å². The Hall–Kier alpha value is -1.22. The van der Waals surface area contributed by atoms with E-state index in [1.54, 1.807) is 21.3 Å². The van der Waals surface area contributed by atoms with E-state index in [9.17, 15) is 0 Å². The Labute approximate surface area is 181 Å². The molecule has 0 spiro atoms. The molecule has 0 unspecified atom stereocenters. The zero-order valence-electron chi connectivity index (χ0n) is 17.2. The van der Waals surface area contributed by atoms with Gasteiger partial charge in [-0.1, -0.05) is 6.07 Å². The van der Waals surface area contributed by atoms with Crippen molar-refractivity contribution in [3.8, 4) is 11.5 Å². The molecule has 1 rings (SSSR count). The van der Waals surface area contributed by atoms with Gasteiger partial charge in [0, 0.05) is 33.9 Å². The van der Waals surface area contributed by atoms with E-state index in [2.05, 4.69) is 27.8 Å². The number of aryl methyl sites for hydroxylation is 1. The molecule has 0 bridgehead atoms. The quantitative estimate of drug-likeness (QED) is 0.190. The molecule has 0 atom stereocenters. The van der Waals surface area contributed by atoms with E-state index in [4.69, 9.17) is 14.2 Å². The van der Waals surface area contributed by atoms with Crippen molar-refractivity contribution >= 4 is 29.9 Å². The van der Waals surface area contributed by atoms with Crippen LogP contribution in [0.25, 0.3) is 0 Å². The van der Waals surface area contributed by atoms with Crippen LogP contribution < -0.4 is 20.1 Å². The Morgan fingerprint density at radius 3 is 2.37 bits per heavy atom. The maximum Gasteiger partial charge on any atom is 0.190 e. The number of aliphatic imine (C=N–C) groups is 1. The Balaban J connectivity index is 0.00000676. The van der Waals surface area contributed by atoms with Crippen molar-refractivity contribution in [3.05, 3.63) is 23.8 Å². The Morgan fingerprint density at radius 1 is 1.00 bits per heavy atom. The van der Waals surface area contributed by atoms with Gasteiger partial charge in [0.15, 0.2) is 17.5 Å². The highest BCUT2D eigenvalue weighted by atomic mass is 127. The van der Waals surface area contributed by atoms with Crippen molar-refractivity contribution in [2.24, 2.45) is 4.99 Å². The molecule has 0 heterocycles. The summed E-state index contributed by atoms with van der Waals surface area (Å²) in [6.07, 6.45) is 5.39. The third-order valence-electron chi connectivity index (χ3n) is 4.00. The number of rotatable bonds is 13. The maximum atomic E-state index is 5.63. The van der Waals surface area contributed by atoms with Crippen LogP contribution in [0, 0.1) is 0 Å². The fourth-order valence-corrected chi connectivity index (χ4v) is 2.62. The van der Waals surface area contributed by atoms with Gasteiger partial charge < -0.3 is 24.8 Å². The zero-order valence-corrected chi connectivity index (χ0v) is 19.5. The molecule has 0 saturated heterocycles. The molecule has 1 aromatic rings. The lowest BCUT2D eigenvalue weighted by Gasteiger charge is -2.13. The second-order valence-electron chi connectivity index (χ2n) is 6.00. The normalized spacial score (nSPS) is 10.9. The fraction of sp³-hybridized carbons (Fsp3) is 0.650. The second kappa shape index (κ2) is 16.9. The summed E-state index contributed by atoms with van der Waals surface area (Å²) in [5, 5.41) is 6.71. The highest BCUT2D eigenvalue weighted by Gasteiger charge is 2.05. The number of ether oxygens (including phenoxy) is 3. The highest BCUT2D eigenvalue weighted by Crippen LogP contribution is 2.28. The number of methoxy groups -OCH3 is 2. The van der Waals surface area contributed by atoms with Gasteiger partial charge in [-0.25, -0.2) is 0 Å². The molecular formula is C20H36IN3O3. The molecule has 156 valence electrons. The summed E-state index contributed by atoms with van der Waals surface area (Å²) in [4.78, 5) is 4.26. The summed E-state index contributed by atoms with van der Waals surface area (Å²) in [5.74, 6) is 2.46. The monoisotopic (exact) mass is 493 g/mol. The molecule has 1 aromatic carbocycles. The third kappa shape index (κ3) is 11.3. The predicted octanol–water partition coefficient (Wildman–Crippen LogP) is 3.63. The van der Waals surface area contributed by atoms with Crippen LogP contribution in [0.2, 0.25) is 0 Å². The number of benzene rings is 1. The summed E-state index contributed by atoms with van der Waals surface area (Å²) in [6.45, 7) is 5.25. The first-order valence-electron chi connectivity index (χ1n) is 9.48. The Kier molecular flexibility index (Phi) is 16.2. The summed E-state index contributed by atoms with van der Waals surface area (Å²) in [5.41, 5.74) is 1.25. The minimum Gasteiger partial charge on any atom is -0.493 e. The molecule has 0 aliphatic rings. The predicted molar refractivity (Wildman–Crippen MR) is 123 cm³/mol. The van der Waals surface area contributed by atoms with Gasteiger partial charge in [0.05, 0.1) is 13.7 Å². The minimum absolute atomic E-state index is 0. The van der Waals surface area contributed by atoms with Crippen molar-refractivity contribution in [1.82, 2.24) is 10.6 Å². The van der Waals surface area contributed by atoms with Crippen molar-refractivity contribution < 1.29 is 14.2 Å². The van der Waals surface area contributed by atoms with E-state index in [0.717, 1.165) is 69.3 Å². The fourth-order valence-electron chi connectivity index (χ4n) is 2.62. The van der Waals surface area contributed by atoms with Gasteiger partial charge in [-0.2, -0.15) is 0 Å². The molecule has 0 amide bonds. The van der Waals surface area contributed by atoms with E-state index in [-0.39, 0.29) is 24.0 Å². The van der Waals surface area contributed by atoms with Crippen molar-refractivity contribution in [1.29, 1.82) is 0 Å². The number of hydrogen-bond donors (Lipinski definition) is 2. The molecule has 0 aromatic heterocycles. The molecular weight excluding hydrogens is 457 g/mol. The summed E-state index contributed by atoms with van der Waals surface area (Å²) < 4.78 is 16.0. The highest BCUT2D eigenvalue weighted by molar-refractivity contribution is 14.0. The van der Waals surface area contributed by atoms with Crippen LogP contribution in [0.4, 0.5) is 0 Å². The van der Waals surface area contributed by atoms with E-state index >= 15 is 0 Å². The average molecular weight is 493 g/mol. The first-order valence-corrected chi connectivity index (χ1v) is 9.48. The van der Waals surface area contributed by atoms with Gasteiger partial charge in [-0.05, 0) is 56.7 Å². The molecule has 0 aliphatic carbocycles. The first-order chi connectivity index (χ1) is 12.7. The lowest BCUT2D eigenvalue weighted by molar-refractivity contribution is 0.192. The van der Waals surface area contributed by atoms with E-state index in [0.29, 0.717) is 6.61 Å². The number of nitrogens with one attached hydrogen (secondary N) is 2. The van der Waals surface area contributed by atoms with E-state index in [1.807, 2.05) is 13.0 Å². The number of hydrogen-bond acceptors (Lipinski definition) is 4. The van der Waals surface area contributed by atoms with Crippen LogP contribution >= 0.6 is 24.0 Å². The Morgan fingerprint density at radius 2 is 1.74 bits per heavy atom. The molecule has 2 N–H and O–H groups in total. The SMILES string of the molecule is CCOc1cc(CCCNC(=NC)NCCCCCOC)ccc1OC.I. The minimum atomic E-state index is 0. The van der Waals surface area contributed by atoms with Gasteiger partial charge in [-0.15, -0.1) is 24.0 Å². The first kappa shape index (κ1) is 25.8. The van der Waals surface area contributed by atoms with Crippen LogP contribution in [0.1, 0.15) is 38.2 Å². The number of halogens is 1. The van der Waals surface area contributed by atoms with Crippen molar-refractivity contribution in [3.63, 3.8) is 0 Å². The number of guanidine groups is 1. The topological polar surface area (TPSA) is 64.1 Å². The summed E-state index contributed by atoms with van der Waals surface area (Å²) >= 11 is 0. The van der Waals surface area contributed by atoms with E-state index < -0.39 is 0 Å². The zero-order chi connectivity index (χ0) is 19.0. The van der Waals surface area contributed by atoms with Crippen LogP contribution in [0.15, 0.2) is 23.2 Å². The van der Waals surface area contributed by atoms with Crippen molar-refractivity contribution in [2.45, 2.75) is 39.0 Å². The van der Waals surface area contributed by atoms with Crippen molar-refractivity contribution in [2.75, 3.05) is 47.6 Å². The Bertz CT molecular complexity index is 527. The lowest BCUT2D eigenvalue weighted by Crippen LogP contribution is -2.38. The molecule has 0 radical (unpaired) electrons. The number of unbranched alkanes of at least 4 members (excludes halogenated alkanes) is 2. The maximum absolute atomic E-state index is 5.63. The third-order valence-corrected chi connectivity index (χ3v) is 4.00. The summed E-state index contributed by atoms with van der Waals surface area (Å²) in [7, 11) is 5.21. The molecule has 6 nitrogen and oxygen atoms in total. The molecule has 0 fully saturated rings. The van der Waals surface area contributed by atoms with Gasteiger partial charge in [0.1, 0.15) is 0 Å². The smallest absolute Gasteiger partial charge is 0.190 e. The van der Waals surface area contributed by atoms with Crippen LogP contribution in [-0.2, 0) is 11.2 Å². The second-order valence-corrected chi connectivity index (χ2v) is 6.00. The van der Waals surface area contributed by atoms with Gasteiger partial charge in [0.25, 0.3) is 0 Å². The largest absolute Gasteiger partial charge is 0.493 e. The van der Waals surface area contributed by atoms with Crippen LogP contribution in [0.5, 0.6) is 11.5 Å². The van der Waals surface area contributed by atoms with E-state index in [1.165, 1.54) is 5.56 Å². The molecule has 0 saturated carbocycles. The summed E-state index contributed by atoms with van der Waals surface area (Å²) in [6, 6.07) is 6.13. The lowest BCUT2D eigenvalue weighted by atomic mass is 10.1. The van der Waals surface area contributed by atoms with Gasteiger partial charge >= 0.3 is 0 Å². The van der Waals surface area contributed by atoms with Crippen LogP contribution in [-0.4, -0.2) is 53.5 Å². The number of nitrogens with zero attached hydrogens (tertiary/aromatic N) is 1. The van der Waals surface area contributed by atoms with Gasteiger partial charge in [-0.3, -0.25) is 4.99 Å². The van der Waals surface area contributed by atoms with Crippen LogP contribution in [0.3, 0.4) is 0 Å².